The van der Waals surface area contributed by atoms with E-state index in [1.807, 2.05) is 7.05 Å². The lowest BCUT2D eigenvalue weighted by molar-refractivity contribution is 0.0328. The van der Waals surface area contributed by atoms with Crippen molar-refractivity contribution in [2.75, 3.05) is 26.7 Å². The summed E-state index contributed by atoms with van der Waals surface area (Å²) in [5, 5.41) is 0. The fourth-order valence-corrected chi connectivity index (χ4v) is 2.00. The molecule has 1 saturated heterocycles. The Bertz CT molecular complexity index is 241. The van der Waals surface area contributed by atoms with E-state index in [4.69, 9.17) is 4.74 Å². The van der Waals surface area contributed by atoms with E-state index in [-0.39, 0.29) is 12.3 Å². The van der Waals surface area contributed by atoms with Crippen LogP contribution in [0.15, 0.2) is 0 Å². The van der Waals surface area contributed by atoms with Gasteiger partial charge in [-0.3, -0.25) is 4.90 Å². The Morgan fingerprint density at radius 1 is 1.38 bits per heavy atom. The Labute approximate surface area is 98.5 Å². The Balaban J connectivity index is 2.46. The van der Waals surface area contributed by atoms with E-state index in [1.54, 1.807) is 4.90 Å². The lowest BCUT2D eigenvalue weighted by atomic mass is 10.2. The smallest absolute Gasteiger partial charge is 0.411 e. The molecule has 94 valence electrons. The number of nitrogens with zero attached hydrogens (tertiary/aromatic N) is 2. The molecule has 0 spiro atoms. The summed E-state index contributed by atoms with van der Waals surface area (Å²) in [5.41, 5.74) is 0. The topological polar surface area (TPSA) is 32.8 Å². The first-order valence-electron chi connectivity index (χ1n) is 6.06. The molecule has 1 unspecified atom stereocenters. The second kappa shape index (κ2) is 5.53. The molecule has 1 atom stereocenters. The molecule has 1 rings (SSSR count). The SMILES string of the molecule is CC(C)CN1CC(N(C)CC(C)C)OC1=O. The van der Waals surface area contributed by atoms with E-state index in [2.05, 4.69) is 32.6 Å². The molecule has 4 nitrogen and oxygen atoms in total. The first kappa shape index (κ1) is 13.3. The van der Waals surface area contributed by atoms with Gasteiger partial charge in [0, 0.05) is 13.1 Å². The maximum atomic E-state index is 11.6. The minimum atomic E-state index is -0.172. The molecule has 4 heteroatoms. The summed E-state index contributed by atoms with van der Waals surface area (Å²) in [4.78, 5) is 15.5. The van der Waals surface area contributed by atoms with Crippen LogP contribution in [0.5, 0.6) is 0 Å². The summed E-state index contributed by atoms with van der Waals surface area (Å²) in [6, 6.07) is 0. The predicted octanol–water partition coefficient (Wildman–Crippen LogP) is 2.01. The van der Waals surface area contributed by atoms with E-state index in [0.29, 0.717) is 18.4 Å². The standard InChI is InChI=1S/C12H24N2O2/c1-9(2)6-13(5)11-8-14(7-10(3)4)12(15)16-11/h9-11H,6-8H2,1-5H3. The predicted molar refractivity (Wildman–Crippen MR) is 64.1 cm³/mol. The molecule has 1 fully saturated rings. The van der Waals surface area contributed by atoms with Crippen LogP contribution in [-0.4, -0.2) is 48.8 Å². The molecule has 1 aliphatic heterocycles. The summed E-state index contributed by atoms with van der Waals surface area (Å²) in [7, 11) is 2.01. The normalized spacial score (nSPS) is 21.4. The van der Waals surface area contributed by atoms with Crippen LogP contribution < -0.4 is 0 Å². The molecule has 0 N–H and O–H groups in total. The number of ether oxygens (including phenoxy) is 1. The third-order valence-corrected chi connectivity index (χ3v) is 2.60. The molecule has 0 aromatic heterocycles. The largest absolute Gasteiger partial charge is 0.428 e. The molecule has 16 heavy (non-hydrogen) atoms. The van der Waals surface area contributed by atoms with Gasteiger partial charge in [-0.25, -0.2) is 4.79 Å². The number of rotatable bonds is 5. The van der Waals surface area contributed by atoms with Gasteiger partial charge in [-0.1, -0.05) is 27.7 Å². The molecule has 1 heterocycles. The molecule has 0 saturated carbocycles. The van der Waals surface area contributed by atoms with Crippen molar-refractivity contribution in [3.05, 3.63) is 0 Å². The van der Waals surface area contributed by atoms with Crippen molar-refractivity contribution in [2.45, 2.75) is 33.9 Å². The van der Waals surface area contributed by atoms with Crippen LogP contribution in [0.4, 0.5) is 4.79 Å². The molecule has 0 radical (unpaired) electrons. The Hall–Kier alpha value is -0.770. The lowest BCUT2D eigenvalue weighted by Gasteiger charge is -2.24. The van der Waals surface area contributed by atoms with Crippen molar-refractivity contribution in [3.8, 4) is 0 Å². The minimum Gasteiger partial charge on any atom is -0.428 e. The van der Waals surface area contributed by atoms with Crippen molar-refractivity contribution in [2.24, 2.45) is 11.8 Å². The highest BCUT2D eigenvalue weighted by molar-refractivity contribution is 5.69. The van der Waals surface area contributed by atoms with Crippen molar-refractivity contribution in [1.29, 1.82) is 0 Å². The summed E-state index contributed by atoms with van der Waals surface area (Å²) in [6.07, 6.45) is -0.247. The second-order valence-corrected chi connectivity index (χ2v) is 5.47. The monoisotopic (exact) mass is 228 g/mol. The van der Waals surface area contributed by atoms with Gasteiger partial charge in [-0.05, 0) is 18.9 Å². The van der Waals surface area contributed by atoms with Crippen molar-refractivity contribution >= 4 is 6.09 Å². The molecule has 1 aliphatic rings. The number of carbonyl (C=O) groups excluding carboxylic acids is 1. The third-order valence-electron chi connectivity index (χ3n) is 2.60. The van der Waals surface area contributed by atoms with Gasteiger partial charge in [0.15, 0.2) is 6.23 Å². The van der Waals surface area contributed by atoms with E-state index in [1.165, 1.54) is 0 Å². The van der Waals surface area contributed by atoms with E-state index >= 15 is 0 Å². The molecule has 0 bridgehead atoms. The fraction of sp³-hybridized carbons (Fsp3) is 0.917. The van der Waals surface area contributed by atoms with Gasteiger partial charge in [0.1, 0.15) is 0 Å². The van der Waals surface area contributed by atoms with Crippen LogP contribution in [-0.2, 0) is 4.74 Å². The lowest BCUT2D eigenvalue weighted by Crippen LogP contribution is -2.38. The molecule has 0 aromatic carbocycles. The highest BCUT2D eigenvalue weighted by atomic mass is 16.6. The van der Waals surface area contributed by atoms with E-state index in [0.717, 1.165) is 13.1 Å². The van der Waals surface area contributed by atoms with Crippen LogP contribution in [0.2, 0.25) is 0 Å². The zero-order valence-electron chi connectivity index (χ0n) is 11.1. The number of cyclic esters (lactones) is 1. The van der Waals surface area contributed by atoms with Gasteiger partial charge in [-0.2, -0.15) is 0 Å². The van der Waals surface area contributed by atoms with Gasteiger partial charge in [0.05, 0.1) is 6.54 Å². The minimum absolute atomic E-state index is 0.0753. The number of carbonyl (C=O) groups is 1. The number of likely N-dealkylation sites (N-methyl/N-ethyl adjacent to an activating group) is 1. The quantitative estimate of drug-likeness (QED) is 0.721. The zero-order chi connectivity index (χ0) is 12.3. The third kappa shape index (κ3) is 3.67. The van der Waals surface area contributed by atoms with Gasteiger partial charge < -0.3 is 9.64 Å². The Kier molecular flexibility index (Phi) is 4.59. The van der Waals surface area contributed by atoms with Crippen LogP contribution in [0.1, 0.15) is 27.7 Å². The van der Waals surface area contributed by atoms with Gasteiger partial charge in [0.2, 0.25) is 0 Å². The van der Waals surface area contributed by atoms with Crippen LogP contribution in [0.25, 0.3) is 0 Å². The second-order valence-electron chi connectivity index (χ2n) is 5.47. The average Bonchev–Trinajstić information content (AvgIpc) is 2.45. The van der Waals surface area contributed by atoms with Gasteiger partial charge in [-0.15, -0.1) is 0 Å². The van der Waals surface area contributed by atoms with E-state index < -0.39 is 0 Å². The van der Waals surface area contributed by atoms with Crippen molar-refractivity contribution < 1.29 is 9.53 Å². The Morgan fingerprint density at radius 3 is 2.50 bits per heavy atom. The van der Waals surface area contributed by atoms with E-state index in [9.17, 15) is 4.79 Å². The maximum absolute atomic E-state index is 11.6. The number of hydrogen-bond acceptors (Lipinski definition) is 3. The Morgan fingerprint density at radius 2 is 2.00 bits per heavy atom. The zero-order valence-corrected chi connectivity index (χ0v) is 11.1. The summed E-state index contributed by atoms with van der Waals surface area (Å²) in [6.45, 7) is 11.0. The maximum Gasteiger partial charge on any atom is 0.411 e. The molecule has 0 aromatic rings. The van der Waals surface area contributed by atoms with Gasteiger partial charge >= 0.3 is 6.09 Å². The fourth-order valence-electron chi connectivity index (χ4n) is 2.00. The highest BCUT2D eigenvalue weighted by Gasteiger charge is 2.33. The van der Waals surface area contributed by atoms with Crippen LogP contribution in [0, 0.1) is 11.8 Å². The summed E-state index contributed by atoms with van der Waals surface area (Å²) in [5.74, 6) is 1.07. The van der Waals surface area contributed by atoms with Crippen molar-refractivity contribution in [3.63, 3.8) is 0 Å². The van der Waals surface area contributed by atoms with Crippen LogP contribution in [0.3, 0.4) is 0 Å². The molecular formula is C12H24N2O2. The molecular weight excluding hydrogens is 204 g/mol. The average molecular weight is 228 g/mol. The molecule has 0 aliphatic carbocycles. The van der Waals surface area contributed by atoms with Crippen molar-refractivity contribution in [1.82, 2.24) is 9.80 Å². The summed E-state index contributed by atoms with van der Waals surface area (Å²) < 4.78 is 5.35. The molecule has 1 amide bonds. The summed E-state index contributed by atoms with van der Waals surface area (Å²) >= 11 is 0. The highest BCUT2D eigenvalue weighted by Crippen LogP contribution is 2.16. The van der Waals surface area contributed by atoms with Crippen LogP contribution >= 0.6 is 0 Å². The first-order chi connectivity index (χ1) is 7.40. The van der Waals surface area contributed by atoms with Gasteiger partial charge in [0.25, 0.3) is 0 Å². The number of amides is 1. The first-order valence-corrected chi connectivity index (χ1v) is 6.06. The number of hydrogen-bond donors (Lipinski definition) is 0.